The van der Waals surface area contributed by atoms with Crippen LogP contribution in [-0.2, 0) is 6.42 Å². The number of pyridine rings is 1. The summed E-state index contributed by atoms with van der Waals surface area (Å²) >= 11 is 0. The highest BCUT2D eigenvalue weighted by Crippen LogP contribution is 2.20. The van der Waals surface area contributed by atoms with Crippen molar-refractivity contribution < 1.29 is 9.90 Å². The zero-order valence-electron chi connectivity index (χ0n) is 13.4. The molecule has 0 aliphatic rings. The number of nitrogens with one attached hydrogen (secondary N) is 2. The van der Waals surface area contributed by atoms with Gasteiger partial charge < -0.3 is 15.7 Å². The zero-order chi connectivity index (χ0) is 15.9. The van der Waals surface area contributed by atoms with E-state index in [-0.39, 0.29) is 17.6 Å². The highest BCUT2D eigenvalue weighted by molar-refractivity contribution is 5.73. The Kier molecular flexibility index (Phi) is 6.62. The van der Waals surface area contributed by atoms with Crippen molar-refractivity contribution in [1.29, 1.82) is 0 Å². The first-order valence-corrected chi connectivity index (χ1v) is 7.39. The summed E-state index contributed by atoms with van der Waals surface area (Å²) in [6, 6.07) is 1.81. The number of aromatic nitrogens is 1. The number of carbonyl (C=O) groups is 1. The van der Waals surface area contributed by atoms with Crippen molar-refractivity contribution in [1.82, 2.24) is 15.6 Å². The molecule has 1 heterocycles. The van der Waals surface area contributed by atoms with Gasteiger partial charge in [-0.2, -0.15) is 0 Å². The van der Waals surface area contributed by atoms with Crippen LogP contribution in [0.3, 0.4) is 0 Å². The van der Waals surface area contributed by atoms with Crippen LogP contribution in [0.2, 0.25) is 0 Å². The molecule has 0 aliphatic heterocycles. The van der Waals surface area contributed by atoms with Crippen LogP contribution in [0.25, 0.3) is 0 Å². The monoisotopic (exact) mass is 293 g/mol. The SMILES string of the molecule is Cc1cnccc1CCNC(=O)NCC(C)(C)CC(C)O. The Morgan fingerprint density at radius 2 is 2.14 bits per heavy atom. The average Bonchev–Trinajstić information content (AvgIpc) is 2.37. The maximum Gasteiger partial charge on any atom is 0.314 e. The standard InChI is InChI=1S/C16H27N3O2/c1-12-10-17-7-5-14(12)6-8-18-15(21)19-11-16(3,4)9-13(2)20/h5,7,10,13,20H,6,8-9,11H2,1-4H3,(H2,18,19,21). The number of carbonyl (C=O) groups excluding carboxylic acids is 1. The van der Waals surface area contributed by atoms with Crippen LogP contribution in [0.5, 0.6) is 0 Å². The maximum atomic E-state index is 11.8. The van der Waals surface area contributed by atoms with E-state index in [4.69, 9.17) is 0 Å². The van der Waals surface area contributed by atoms with Crippen molar-refractivity contribution in [2.24, 2.45) is 5.41 Å². The highest BCUT2D eigenvalue weighted by atomic mass is 16.3. The van der Waals surface area contributed by atoms with Gasteiger partial charge >= 0.3 is 6.03 Å². The van der Waals surface area contributed by atoms with Crippen molar-refractivity contribution in [3.8, 4) is 0 Å². The predicted octanol–water partition coefficient (Wildman–Crippen LogP) is 2.03. The third-order valence-electron chi connectivity index (χ3n) is 3.39. The van der Waals surface area contributed by atoms with E-state index < -0.39 is 0 Å². The topological polar surface area (TPSA) is 74.2 Å². The molecule has 118 valence electrons. The first-order chi connectivity index (χ1) is 9.80. The molecular formula is C16H27N3O2. The summed E-state index contributed by atoms with van der Waals surface area (Å²) < 4.78 is 0. The Balaban J connectivity index is 2.27. The van der Waals surface area contributed by atoms with E-state index in [1.807, 2.05) is 33.0 Å². The van der Waals surface area contributed by atoms with Crippen LogP contribution in [0.15, 0.2) is 18.5 Å². The average molecular weight is 293 g/mol. The number of aliphatic hydroxyl groups is 1. The van der Waals surface area contributed by atoms with E-state index in [0.29, 0.717) is 19.5 Å². The number of nitrogens with zero attached hydrogens (tertiary/aromatic N) is 1. The lowest BCUT2D eigenvalue weighted by molar-refractivity contribution is 0.129. The number of aryl methyl sites for hydroxylation is 1. The Morgan fingerprint density at radius 3 is 2.76 bits per heavy atom. The van der Waals surface area contributed by atoms with Crippen LogP contribution in [-0.4, -0.2) is 35.3 Å². The summed E-state index contributed by atoms with van der Waals surface area (Å²) in [6.45, 7) is 8.96. The molecule has 0 bridgehead atoms. The van der Waals surface area contributed by atoms with E-state index in [1.54, 1.807) is 13.1 Å². The third kappa shape index (κ3) is 7.09. The van der Waals surface area contributed by atoms with Gasteiger partial charge in [0.2, 0.25) is 0 Å². The first-order valence-electron chi connectivity index (χ1n) is 7.39. The lowest BCUT2D eigenvalue weighted by Crippen LogP contribution is -2.42. The van der Waals surface area contributed by atoms with Gasteiger partial charge in [0.25, 0.3) is 0 Å². The zero-order valence-corrected chi connectivity index (χ0v) is 13.4. The largest absolute Gasteiger partial charge is 0.393 e. The van der Waals surface area contributed by atoms with E-state index in [9.17, 15) is 9.90 Å². The molecule has 3 N–H and O–H groups in total. The molecule has 2 amide bonds. The molecular weight excluding hydrogens is 266 g/mol. The molecule has 0 radical (unpaired) electrons. The van der Waals surface area contributed by atoms with Gasteiger partial charge in [-0.05, 0) is 49.3 Å². The smallest absolute Gasteiger partial charge is 0.314 e. The Labute approximate surface area is 127 Å². The Bertz CT molecular complexity index is 459. The van der Waals surface area contributed by atoms with Gasteiger partial charge in [-0.15, -0.1) is 0 Å². The molecule has 0 spiro atoms. The predicted molar refractivity (Wildman–Crippen MR) is 84.2 cm³/mol. The molecule has 5 nitrogen and oxygen atoms in total. The van der Waals surface area contributed by atoms with E-state index in [0.717, 1.165) is 12.0 Å². The molecule has 0 aliphatic carbocycles. The van der Waals surface area contributed by atoms with E-state index in [1.165, 1.54) is 5.56 Å². The summed E-state index contributed by atoms with van der Waals surface area (Å²) in [5.74, 6) is 0. The number of rotatable bonds is 7. The Morgan fingerprint density at radius 1 is 1.43 bits per heavy atom. The fourth-order valence-corrected chi connectivity index (χ4v) is 2.35. The number of hydrogen-bond donors (Lipinski definition) is 3. The summed E-state index contributed by atoms with van der Waals surface area (Å²) in [5, 5.41) is 15.1. The number of aliphatic hydroxyl groups excluding tert-OH is 1. The molecule has 21 heavy (non-hydrogen) atoms. The fourth-order valence-electron chi connectivity index (χ4n) is 2.35. The van der Waals surface area contributed by atoms with Crippen LogP contribution in [0, 0.1) is 12.3 Å². The Hall–Kier alpha value is -1.62. The molecule has 1 aromatic heterocycles. The lowest BCUT2D eigenvalue weighted by atomic mass is 9.87. The molecule has 1 aromatic rings. The molecule has 0 saturated heterocycles. The molecule has 1 unspecified atom stereocenters. The molecule has 0 saturated carbocycles. The van der Waals surface area contributed by atoms with Crippen molar-refractivity contribution in [3.63, 3.8) is 0 Å². The van der Waals surface area contributed by atoms with Gasteiger partial charge in [0.05, 0.1) is 6.10 Å². The van der Waals surface area contributed by atoms with E-state index >= 15 is 0 Å². The minimum atomic E-state index is -0.362. The summed E-state index contributed by atoms with van der Waals surface area (Å²) in [5.41, 5.74) is 2.21. The summed E-state index contributed by atoms with van der Waals surface area (Å²) in [7, 11) is 0. The molecule has 0 fully saturated rings. The number of hydrogen-bond acceptors (Lipinski definition) is 3. The van der Waals surface area contributed by atoms with Crippen molar-refractivity contribution in [2.45, 2.75) is 46.6 Å². The van der Waals surface area contributed by atoms with E-state index in [2.05, 4.69) is 15.6 Å². The lowest BCUT2D eigenvalue weighted by Gasteiger charge is -2.26. The summed E-state index contributed by atoms with van der Waals surface area (Å²) in [4.78, 5) is 15.8. The quantitative estimate of drug-likeness (QED) is 0.720. The van der Waals surface area contributed by atoms with Gasteiger partial charge in [-0.1, -0.05) is 13.8 Å². The van der Waals surface area contributed by atoms with Crippen LogP contribution >= 0.6 is 0 Å². The van der Waals surface area contributed by atoms with Crippen LogP contribution in [0.4, 0.5) is 4.79 Å². The number of amides is 2. The molecule has 1 rings (SSSR count). The maximum absolute atomic E-state index is 11.8. The molecule has 0 aromatic carbocycles. The van der Waals surface area contributed by atoms with Crippen molar-refractivity contribution in [2.75, 3.05) is 13.1 Å². The van der Waals surface area contributed by atoms with Gasteiger partial charge in [0.15, 0.2) is 0 Å². The number of urea groups is 1. The third-order valence-corrected chi connectivity index (χ3v) is 3.39. The molecule has 1 atom stereocenters. The first kappa shape index (κ1) is 17.4. The molecule has 5 heteroatoms. The van der Waals surface area contributed by atoms with Crippen molar-refractivity contribution in [3.05, 3.63) is 29.6 Å². The normalized spacial score (nSPS) is 12.8. The minimum Gasteiger partial charge on any atom is -0.393 e. The van der Waals surface area contributed by atoms with Crippen LogP contribution < -0.4 is 10.6 Å². The van der Waals surface area contributed by atoms with Gasteiger partial charge in [-0.25, -0.2) is 4.79 Å². The second-order valence-electron chi connectivity index (χ2n) is 6.38. The highest BCUT2D eigenvalue weighted by Gasteiger charge is 2.20. The fraction of sp³-hybridized carbons (Fsp3) is 0.625. The summed E-state index contributed by atoms with van der Waals surface area (Å²) in [6.07, 6.45) is 4.68. The van der Waals surface area contributed by atoms with Gasteiger partial charge in [0, 0.05) is 25.5 Å². The van der Waals surface area contributed by atoms with Crippen molar-refractivity contribution >= 4 is 6.03 Å². The van der Waals surface area contributed by atoms with Crippen LogP contribution in [0.1, 0.15) is 38.3 Å². The minimum absolute atomic E-state index is 0.118. The second kappa shape index (κ2) is 7.98. The van der Waals surface area contributed by atoms with Gasteiger partial charge in [-0.3, -0.25) is 4.98 Å². The van der Waals surface area contributed by atoms with Gasteiger partial charge in [0.1, 0.15) is 0 Å². The second-order valence-corrected chi connectivity index (χ2v) is 6.38.